The lowest BCUT2D eigenvalue weighted by Gasteiger charge is -2.26. The van der Waals surface area contributed by atoms with Crippen LogP contribution in [-0.2, 0) is 6.42 Å². The highest BCUT2D eigenvalue weighted by Gasteiger charge is 2.23. The molecule has 1 heterocycles. The molecule has 1 fully saturated rings. The van der Waals surface area contributed by atoms with Crippen molar-refractivity contribution in [1.29, 1.82) is 0 Å². The van der Waals surface area contributed by atoms with Crippen molar-refractivity contribution in [1.82, 2.24) is 4.98 Å². The zero-order chi connectivity index (χ0) is 15.5. The number of nitrogens with zero attached hydrogens (tertiary/aromatic N) is 1. The van der Waals surface area contributed by atoms with E-state index >= 15 is 0 Å². The average Bonchev–Trinajstić information content (AvgIpc) is 2.46. The van der Waals surface area contributed by atoms with Crippen molar-refractivity contribution in [2.75, 3.05) is 0 Å². The molecule has 1 saturated carbocycles. The first-order valence-electron chi connectivity index (χ1n) is 8.23. The van der Waals surface area contributed by atoms with E-state index in [4.69, 9.17) is 0 Å². The van der Waals surface area contributed by atoms with Gasteiger partial charge < -0.3 is 0 Å². The lowest BCUT2D eigenvalue weighted by atomic mass is 9.85. The van der Waals surface area contributed by atoms with Crippen molar-refractivity contribution in [3.63, 3.8) is 0 Å². The Morgan fingerprint density at radius 3 is 2.52 bits per heavy atom. The van der Waals surface area contributed by atoms with Crippen LogP contribution in [-0.4, -0.2) is 13.1 Å². The molecule has 0 spiro atoms. The third-order valence-corrected chi connectivity index (χ3v) is 6.67. The molecule has 0 bridgehead atoms. The maximum atomic E-state index is 4.63. The van der Waals surface area contributed by atoms with Crippen molar-refractivity contribution >= 4 is 18.8 Å². The fourth-order valence-corrected chi connectivity index (χ4v) is 4.91. The molecule has 0 unspecified atom stereocenters. The smallest absolute Gasteiger partial charge is 0.0799 e. The number of pyridine rings is 1. The lowest BCUT2D eigenvalue weighted by molar-refractivity contribution is 0.357. The van der Waals surface area contributed by atoms with E-state index in [1.165, 1.54) is 49.3 Å². The second-order valence-corrected chi connectivity index (χ2v) is 12.5. The third kappa shape index (κ3) is 4.16. The van der Waals surface area contributed by atoms with E-state index in [0.717, 1.165) is 17.2 Å². The third-order valence-electron chi connectivity index (χ3n) is 4.61. The predicted octanol–water partition coefficient (Wildman–Crippen LogP) is 4.95. The van der Waals surface area contributed by atoms with Gasteiger partial charge in [-0.2, -0.15) is 0 Å². The summed E-state index contributed by atoms with van der Waals surface area (Å²) in [6.07, 6.45) is 12.2. The minimum absolute atomic E-state index is 0.862. The molecule has 0 amide bonds. The first-order chi connectivity index (χ1) is 9.91. The highest BCUT2D eigenvalue weighted by Crippen LogP contribution is 2.27. The van der Waals surface area contributed by atoms with Gasteiger partial charge in [0.1, 0.15) is 0 Å². The fraction of sp³-hybridized carbons (Fsp3) is 0.526. The second kappa shape index (κ2) is 6.74. The highest BCUT2D eigenvalue weighted by atomic mass is 28.3. The Balaban J connectivity index is 2.33. The Bertz CT molecular complexity index is 519. The quantitative estimate of drug-likeness (QED) is 0.554. The van der Waals surface area contributed by atoms with E-state index in [9.17, 15) is 0 Å². The molecule has 1 aromatic rings. The van der Waals surface area contributed by atoms with Crippen molar-refractivity contribution in [2.45, 2.75) is 58.2 Å². The molecule has 21 heavy (non-hydrogen) atoms. The number of rotatable bonds is 5. The number of allylic oxidation sites excluding steroid dienone is 2. The SMILES string of the molecule is C=CC(=C)c1cc(CC2CCCCC2)c([Si](C)(C)C)cn1. The summed E-state index contributed by atoms with van der Waals surface area (Å²) in [7, 11) is -1.35. The summed E-state index contributed by atoms with van der Waals surface area (Å²) >= 11 is 0. The molecule has 0 radical (unpaired) electrons. The lowest BCUT2D eigenvalue weighted by Crippen LogP contribution is -2.41. The predicted molar refractivity (Wildman–Crippen MR) is 96.7 cm³/mol. The summed E-state index contributed by atoms with van der Waals surface area (Å²) in [5.41, 5.74) is 3.45. The summed E-state index contributed by atoms with van der Waals surface area (Å²) in [5.74, 6) is 0.862. The molecule has 114 valence electrons. The van der Waals surface area contributed by atoms with Crippen LogP contribution in [0.3, 0.4) is 0 Å². The van der Waals surface area contributed by atoms with Crippen LogP contribution in [0, 0.1) is 5.92 Å². The van der Waals surface area contributed by atoms with Gasteiger partial charge in [-0.15, -0.1) is 0 Å². The molecular weight excluding hydrogens is 270 g/mol. The van der Waals surface area contributed by atoms with Crippen molar-refractivity contribution < 1.29 is 0 Å². The Hall–Kier alpha value is -1.15. The molecule has 0 saturated heterocycles. The van der Waals surface area contributed by atoms with E-state index in [1.807, 2.05) is 0 Å². The molecule has 1 aromatic heterocycles. The van der Waals surface area contributed by atoms with Gasteiger partial charge in [0, 0.05) is 6.20 Å². The molecule has 0 atom stereocenters. The Kier molecular flexibility index (Phi) is 5.21. The fourth-order valence-electron chi connectivity index (χ4n) is 3.32. The van der Waals surface area contributed by atoms with Crippen molar-refractivity contribution in [2.24, 2.45) is 5.92 Å². The number of aromatic nitrogens is 1. The molecule has 1 aliphatic carbocycles. The van der Waals surface area contributed by atoms with Gasteiger partial charge in [0.2, 0.25) is 0 Å². The zero-order valence-electron chi connectivity index (χ0n) is 13.9. The molecule has 0 aliphatic heterocycles. The van der Waals surface area contributed by atoms with Crippen LogP contribution in [0.1, 0.15) is 43.4 Å². The minimum atomic E-state index is -1.35. The van der Waals surface area contributed by atoms with Crippen LogP contribution < -0.4 is 5.19 Å². The van der Waals surface area contributed by atoms with Gasteiger partial charge in [0.25, 0.3) is 0 Å². The largest absolute Gasteiger partial charge is 0.256 e. The normalized spacial score (nSPS) is 16.7. The summed E-state index contributed by atoms with van der Waals surface area (Å²) in [4.78, 5) is 4.63. The number of hydrogen-bond donors (Lipinski definition) is 0. The maximum Gasteiger partial charge on any atom is 0.0799 e. The van der Waals surface area contributed by atoms with Gasteiger partial charge in [0.05, 0.1) is 13.8 Å². The van der Waals surface area contributed by atoms with Gasteiger partial charge in [0.15, 0.2) is 0 Å². The standard InChI is InChI=1S/C19H29NSi/c1-6-15(2)18-13-17(12-16-10-8-7-9-11-16)19(14-20-18)21(3,4)5/h6,13-14,16H,1-2,7-12H2,3-5H3. The molecule has 0 aromatic carbocycles. The van der Waals surface area contributed by atoms with Gasteiger partial charge >= 0.3 is 0 Å². The molecule has 1 aliphatic rings. The Labute approximate surface area is 131 Å². The summed E-state index contributed by atoms with van der Waals surface area (Å²) < 4.78 is 0. The van der Waals surface area contributed by atoms with Crippen LogP contribution in [0.25, 0.3) is 5.57 Å². The maximum absolute atomic E-state index is 4.63. The first kappa shape index (κ1) is 16.2. The van der Waals surface area contributed by atoms with Crippen LogP contribution in [0.5, 0.6) is 0 Å². The van der Waals surface area contributed by atoms with Crippen LogP contribution in [0.2, 0.25) is 19.6 Å². The van der Waals surface area contributed by atoms with E-state index < -0.39 is 8.07 Å². The van der Waals surface area contributed by atoms with Gasteiger partial charge in [-0.05, 0) is 34.7 Å². The zero-order valence-corrected chi connectivity index (χ0v) is 14.9. The summed E-state index contributed by atoms with van der Waals surface area (Å²) in [6, 6.07) is 2.28. The van der Waals surface area contributed by atoms with Crippen LogP contribution >= 0.6 is 0 Å². The molecule has 2 rings (SSSR count). The van der Waals surface area contributed by atoms with Crippen molar-refractivity contribution in [3.8, 4) is 0 Å². The molecular formula is C19H29NSi. The van der Waals surface area contributed by atoms with Gasteiger partial charge in [-0.3, -0.25) is 4.98 Å². The van der Waals surface area contributed by atoms with Gasteiger partial charge in [-0.25, -0.2) is 0 Å². The average molecular weight is 300 g/mol. The van der Waals surface area contributed by atoms with E-state index in [2.05, 4.69) is 50.0 Å². The Morgan fingerprint density at radius 1 is 1.29 bits per heavy atom. The second-order valence-electron chi connectivity index (χ2n) is 7.41. The Morgan fingerprint density at radius 2 is 1.95 bits per heavy atom. The summed E-state index contributed by atoms with van der Waals surface area (Å²) in [5, 5.41) is 1.52. The molecule has 1 nitrogen and oxygen atoms in total. The summed E-state index contributed by atoms with van der Waals surface area (Å²) in [6.45, 7) is 15.1. The first-order valence-corrected chi connectivity index (χ1v) is 11.7. The minimum Gasteiger partial charge on any atom is -0.256 e. The molecule has 2 heteroatoms. The van der Waals surface area contributed by atoms with Crippen molar-refractivity contribution in [3.05, 3.63) is 42.8 Å². The number of hydrogen-bond acceptors (Lipinski definition) is 1. The van der Waals surface area contributed by atoms with E-state index in [1.54, 1.807) is 6.08 Å². The topological polar surface area (TPSA) is 12.9 Å². The monoisotopic (exact) mass is 299 g/mol. The molecule has 0 N–H and O–H groups in total. The van der Waals surface area contributed by atoms with E-state index in [0.29, 0.717) is 0 Å². The van der Waals surface area contributed by atoms with Crippen LogP contribution in [0.4, 0.5) is 0 Å². The van der Waals surface area contributed by atoms with Gasteiger partial charge in [-0.1, -0.05) is 71.0 Å². The van der Waals surface area contributed by atoms with E-state index in [-0.39, 0.29) is 0 Å². The van der Waals surface area contributed by atoms with Crippen LogP contribution in [0.15, 0.2) is 31.5 Å². The highest BCUT2D eigenvalue weighted by molar-refractivity contribution is 6.89.